The first kappa shape index (κ1) is 19.4. The molecule has 6 nitrogen and oxygen atoms in total. The van der Waals surface area contributed by atoms with Crippen molar-refractivity contribution < 1.29 is 4.39 Å². The number of nitrogens with one attached hydrogen (secondary N) is 2. The Labute approximate surface area is 150 Å². The van der Waals surface area contributed by atoms with Gasteiger partial charge in [0.05, 0.1) is 6.54 Å². The lowest BCUT2D eigenvalue weighted by Crippen LogP contribution is -2.45. The van der Waals surface area contributed by atoms with Gasteiger partial charge in [0.2, 0.25) is 0 Å². The average molecular weight is 350 g/mol. The van der Waals surface area contributed by atoms with Crippen LogP contribution in [0.1, 0.15) is 27.2 Å². The molecule has 0 saturated carbocycles. The molecule has 1 unspecified atom stereocenters. The zero-order valence-corrected chi connectivity index (χ0v) is 15.8. The number of aliphatic imine (C=N–C) groups is 1. The molecule has 0 aliphatic carbocycles. The smallest absolute Gasteiger partial charge is 0.191 e. The summed E-state index contributed by atoms with van der Waals surface area (Å²) in [6, 6.07) is 3.83. The first-order chi connectivity index (χ1) is 12.0. The Balaban J connectivity index is 1.89. The highest BCUT2D eigenvalue weighted by Gasteiger charge is 2.25. The maximum absolute atomic E-state index is 13.9. The summed E-state index contributed by atoms with van der Waals surface area (Å²) in [6.45, 7) is 10.4. The van der Waals surface area contributed by atoms with E-state index in [0.29, 0.717) is 11.9 Å². The van der Waals surface area contributed by atoms with Crippen molar-refractivity contribution >= 4 is 11.8 Å². The van der Waals surface area contributed by atoms with Crippen LogP contribution in [0.4, 0.5) is 10.2 Å². The molecule has 0 bridgehead atoms. The standard InChI is InChI=1S/C18H31FN6/c1-5-20-18(22-10-12-24(4)14(2)3)23-15-8-11-25(13-15)17-16(19)7-6-9-21-17/h6-7,9,14-15H,5,8,10-13H2,1-4H3,(H2,20,22,23). The van der Waals surface area contributed by atoms with Gasteiger partial charge in [0, 0.05) is 44.5 Å². The van der Waals surface area contributed by atoms with Crippen LogP contribution >= 0.6 is 0 Å². The number of pyridine rings is 1. The third-order valence-corrected chi connectivity index (χ3v) is 4.52. The molecule has 2 heterocycles. The fourth-order valence-corrected chi connectivity index (χ4v) is 2.77. The molecule has 140 valence electrons. The summed E-state index contributed by atoms with van der Waals surface area (Å²) in [5.41, 5.74) is 0. The van der Waals surface area contributed by atoms with E-state index in [1.165, 1.54) is 6.07 Å². The number of anilines is 1. The predicted molar refractivity (Wildman–Crippen MR) is 102 cm³/mol. The Bertz CT molecular complexity index is 562. The van der Waals surface area contributed by atoms with Crippen LogP contribution in [0.25, 0.3) is 0 Å². The Morgan fingerprint density at radius 3 is 3.00 bits per heavy atom. The minimum Gasteiger partial charge on any atom is -0.357 e. The highest BCUT2D eigenvalue weighted by atomic mass is 19.1. The largest absolute Gasteiger partial charge is 0.357 e. The van der Waals surface area contributed by atoms with E-state index in [0.717, 1.165) is 45.1 Å². The molecule has 1 aliphatic heterocycles. The number of hydrogen-bond acceptors (Lipinski definition) is 4. The number of aromatic nitrogens is 1. The van der Waals surface area contributed by atoms with Crippen LogP contribution in [-0.2, 0) is 0 Å². The summed E-state index contributed by atoms with van der Waals surface area (Å²) in [6.07, 6.45) is 2.57. The van der Waals surface area contributed by atoms with E-state index >= 15 is 0 Å². The van der Waals surface area contributed by atoms with Gasteiger partial charge in [-0.3, -0.25) is 4.99 Å². The second-order valence-corrected chi connectivity index (χ2v) is 6.72. The second kappa shape index (κ2) is 9.56. The van der Waals surface area contributed by atoms with Crippen molar-refractivity contribution in [1.82, 2.24) is 20.5 Å². The summed E-state index contributed by atoms with van der Waals surface area (Å²) >= 11 is 0. The van der Waals surface area contributed by atoms with Gasteiger partial charge in [-0.1, -0.05) is 0 Å². The Hall–Kier alpha value is -1.89. The molecule has 0 aromatic carbocycles. The summed E-state index contributed by atoms with van der Waals surface area (Å²) in [4.78, 5) is 13.1. The van der Waals surface area contributed by atoms with Crippen LogP contribution in [0.15, 0.2) is 23.3 Å². The lowest BCUT2D eigenvalue weighted by atomic mass is 10.3. The van der Waals surface area contributed by atoms with Gasteiger partial charge in [0.25, 0.3) is 0 Å². The Morgan fingerprint density at radius 1 is 1.52 bits per heavy atom. The van der Waals surface area contributed by atoms with Crippen molar-refractivity contribution in [2.24, 2.45) is 4.99 Å². The molecule has 0 amide bonds. The highest BCUT2D eigenvalue weighted by molar-refractivity contribution is 5.80. The maximum Gasteiger partial charge on any atom is 0.191 e. The van der Waals surface area contributed by atoms with Crippen molar-refractivity contribution in [2.45, 2.75) is 39.3 Å². The molecule has 2 rings (SSSR count). The fourth-order valence-electron chi connectivity index (χ4n) is 2.77. The molecular formula is C18H31FN6. The summed E-state index contributed by atoms with van der Waals surface area (Å²) in [7, 11) is 2.11. The van der Waals surface area contributed by atoms with Gasteiger partial charge in [-0.05, 0) is 46.4 Å². The minimum absolute atomic E-state index is 0.238. The molecule has 0 radical (unpaired) electrons. The quantitative estimate of drug-likeness (QED) is 0.579. The van der Waals surface area contributed by atoms with Gasteiger partial charge < -0.3 is 20.4 Å². The van der Waals surface area contributed by atoms with Crippen LogP contribution < -0.4 is 15.5 Å². The third kappa shape index (κ3) is 5.85. The van der Waals surface area contributed by atoms with Crippen LogP contribution in [0.5, 0.6) is 0 Å². The first-order valence-electron chi connectivity index (χ1n) is 9.11. The van der Waals surface area contributed by atoms with Crippen molar-refractivity contribution in [3.63, 3.8) is 0 Å². The van der Waals surface area contributed by atoms with Crippen LogP contribution in [0, 0.1) is 5.82 Å². The summed E-state index contributed by atoms with van der Waals surface area (Å²) in [5, 5.41) is 6.76. The number of hydrogen-bond donors (Lipinski definition) is 2. The van der Waals surface area contributed by atoms with E-state index in [1.54, 1.807) is 12.3 Å². The fraction of sp³-hybridized carbons (Fsp3) is 0.667. The molecule has 1 aromatic heterocycles. The molecule has 1 fully saturated rings. The zero-order valence-electron chi connectivity index (χ0n) is 15.8. The number of halogens is 1. The SMILES string of the molecule is CCNC(=NCCN(C)C(C)C)NC1CCN(c2ncccc2F)C1. The van der Waals surface area contributed by atoms with Crippen molar-refractivity contribution in [1.29, 1.82) is 0 Å². The van der Waals surface area contributed by atoms with Crippen molar-refractivity contribution in [3.8, 4) is 0 Å². The number of guanidine groups is 1. The molecule has 25 heavy (non-hydrogen) atoms. The predicted octanol–water partition coefficient (Wildman–Crippen LogP) is 1.69. The van der Waals surface area contributed by atoms with Gasteiger partial charge in [0.15, 0.2) is 17.6 Å². The van der Waals surface area contributed by atoms with Gasteiger partial charge in [0.1, 0.15) is 0 Å². The van der Waals surface area contributed by atoms with Crippen LogP contribution in [0.2, 0.25) is 0 Å². The third-order valence-electron chi connectivity index (χ3n) is 4.52. The number of nitrogens with zero attached hydrogens (tertiary/aromatic N) is 4. The number of rotatable bonds is 7. The molecule has 1 aliphatic rings. The van der Waals surface area contributed by atoms with Crippen molar-refractivity contribution in [2.75, 3.05) is 44.7 Å². The van der Waals surface area contributed by atoms with E-state index < -0.39 is 0 Å². The van der Waals surface area contributed by atoms with E-state index in [4.69, 9.17) is 0 Å². The van der Waals surface area contributed by atoms with Crippen molar-refractivity contribution in [3.05, 3.63) is 24.1 Å². The molecule has 1 saturated heterocycles. The van der Waals surface area contributed by atoms with Gasteiger partial charge >= 0.3 is 0 Å². The van der Waals surface area contributed by atoms with Gasteiger partial charge in [-0.25, -0.2) is 9.37 Å². The van der Waals surface area contributed by atoms with Crippen LogP contribution in [-0.4, -0.2) is 67.7 Å². The Morgan fingerprint density at radius 2 is 2.32 bits per heavy atom. The van der Waals surface area contributed by atoms with Crippen LogP contribution in [0.3, 0.4) is 0 Å². The van der Waals surface area contributed by atoms with E-state index in [9.17, 15) is 4.39 Å². The Kier molecular flexibility index (Phi) is 7.43. The van der Waals surface area contributed by atoms with Gasteiger partial charge in [-0.2, -0.15) is 0 Å². The second-order valence-electron chi connectivity index (χ2n) is 6.72. The molecular weight excluding hydrogens is 319 g/mol. The lowest BCUT2D eigenvalue weighted by Gasteiger charge is -2.21. The molecule has 1 atom stereocenters. The maximum atomic E-state index is 13.9. The highest BCUT2D eigenvalue weighted by Crippen LogP contribution is 2.20. The lowest BCUT2D eigenvalue weighted by molar-refractivity contribution is 0.282. The van der Waals surface area contributed by atoms with E-state index in [2.05, 4.69) is 53.3 Å². The molecule has 7 heteroatoms. The monoisotopic (exact) mass is 350 g/mol. The normalized spacial score (nSPS) is 18.3. The molecule has 0 spiro atoms. The minimum atomic E-state index is -0.263. The zero-order chi connectivity index (χ0) is 18.2. The number of likely N-dealkylation sites (N-methyl/N-ethyl adjacent to an activating group) is 1. The van der Waals surface area contributed by atoms with E-state index in [1.807, 2.05) is 4.90 Å². The van der Waals surface area contributed by atoms with Gasteiger partial charge in [-0.15, -0.1) is 0 Å². The summed E-state index contributed by atoms with van der Waals surface area (Å²) in [5.74, 6) is 1.00. The first-order valence-corrected chi connectivity index (χ1v) is 9.11. The van der Waals surface area contributed by atoms with E-state index in [-0.39, 0.29) is 11.9 Å². The molecule has 2 N–H and O–H groups in total. The average Bonchev–Trinajstić information content (AvgIpc) is 3.03. The topological polar surface area (TPSA) is 55.8 Å². The summed E-state index contributed by atoms with van der Waals surface area (Å²) < 4.78 is 13.9. The molecule has 1 aromatic rings.